The zero-order chi connectivity index (χ0) is 23.7. The molecule has 1 aromatic heterocycles. The van der Waals surface area contributed by atoms with Gasteiger partial charge in [0, 0.05) is 34.9 Å². The van der Waals surface area contributed by atoms with Crippen LogP contribution in [0.5, 0.6) is 0 Å². The second-order valence-corrected chi connectivity index (χ2v) is 9.00. The van der Waals surface area contributed by atoms with Crippen molar-refractivity contribution in [1.29, 1.82) is 0 Å². The Balaban J connectivity index is 1.39. The predicted octanol–water partition coefficient (Wildman–Crippen LogP) is 6.41. The van der Waals surface area contributed by atoms with Crippen molar-refractivity contribution < 1.29 is 14.1 Å². The maximum atomic E-state index is 12.9. The molecule has 1 fully saturated rings. The van der Waals surface area contributed by atoms with Crippen LogP contribution in [0.25, 0.3) is 22.6 Å². The Morgan fingerprint density at radius 2 is 1.85 bits per heavy atom. The predicted molar refractivity (Wildman–Crippen MR) is 134 cm³/mol. The van der Waals surface area contributed by atoms with Gasteiger partial charge in [0.2, 0.25) is 5.89 Å². The molecule has 1 N–H and O–H groups in total. The van der Waals surface area contributed by atoms with E-state index in [1.807, 2.05) is 29.2 Å². The Labute approximate surface area is 203 Å². The number of carbonyl (C=O) groups excluding carboxylic acids is 1. The van der Waals surface area contributed by atoms with Gasteiger partial charge in [0.05, 0.1) is 10.5 Å². The van der Waals surface area contributed by atoms with Gasteiger partial charge in [-0.05, 0) is 77.7 Å². The number of amides is 1. The lowest BCUT2D eigenvalue weighted by atomic mass is 10.1. The summed E-state index contributed by atoms with van der Waals surface area (Å²) < 4.78 is 6.72. The molecule has 3 aromatic carbocycles. The molecule has 0 aliphatic carbocycles. The number of benzene rings is 3. The second-order valence-electron chi connectivity index (χ2n) is 8.14. The summed E-state index contributed by atoms with van der Waals surface area (Å²) in [6.45, 7) is 1.57. The van der Waals surface area contributed by atoms with E-state index in [0.29, 0.717) is 28.4 Å². The highest BCUT2D eigenvalue weighted by Gasteiger charge is 2.23. The Morgan fingerprint density at radius 3 is 2.62 bits per heavy atom. The number of nitro groups is 1. The summed E-state index contributed by atoms with van der Waals surface area (Å²) in [6.07, 6.45) is 3.14. The molecule has 0 bridgehead atoms. The van der Waals surface area contributed by atoms with Crippen LogP contribution in [0.4, 0.5) is 17.1 Å². The van der Waals surface area contributed by atoms with Crippen LogP contribution in [0.2, 0.25) is 0 Å². The number of aromatic nitrogens is 1. The van der Waals surface area contributed by atoms with Crippen molar-refractivity contribution in [3.8, 4) is 11.5 Å². The summed E-state index contributed by atoms with van der Waals surface area (Å²) in [7, 11) is 0. The summed E-state index contributed by atoms with van der Waals surface area (Å²) in [5.74, 6) is 0.0389. The first-order valence-electron chi connectivity index (χ1n) is 11.0. The second kappa shape index (κ2) is 9.26. The van der Waals surface area contributed by atoms with Gasteiger partial charge in [-0.15, -0.1) is 0 Å². The average Bonchev–Trinajstić information content (AvgIpc) is 3.27. The van der Waals surface area contributed by atoms with E-state index in [9.17, 15) is 14.9 Å². The van der Waals surface area contributed by atoms with Gasteiger partial charge in [0.15, 0.2) is 5.58 Å². The Bertz CT molecular complexity index is 1390. The number of nitrogens with zero attached hydrogens (tertiary/aromatic N) is 3. The molecule has 2 heterocycles. The Hall–Kier alpha value is -3.72. The highest BCUT2D eigenvalue weighted by Crippen LogP contribution is 2.33. The number of rotatable bonds is 5. The van der Waals surface area contributed by atoms with Crippen molar-refractivity contribution in [3.05, 3.63) is 80.8 Å². The molecule has 0 atom stereocenters. The minimum Gasteiger partial charge on any atom is -0.436 e. The van der Waals surface area contributed by atoms with Crippen LogP contribution in [0.1, 0.15) is 29.6 Å². The van der Waals surface area contributed by atoms with E-state index in [2.05, 4.69) is 26.2 Å². The minimum absolute atomic E-state index is 0.0559. The van der Waals surface area contributed by atoms with Crippen LogP contribution >= 0.6 is 15.9 Å². The molecule has 0 radical (unpaired) electrons. The molecule has 1 saturated heterocycles. The molecule has 1 amide bonds. The normalized spacial score (nSPS) is 13.7. The fraction of sp³-hybridized carbons (Fsp3) is 0.200. The van der Waals surface area contributed by atoms with Gasteiger partial charge in [0.25, 0.3) is 11.6 Å². The molecule has 172 valence electrons. The molecule has 0 spiro atoms. The SMILES string of the molecule is O=C(Nc1ccc2oc(-c3ccccc3Br)nc2c1)c1ccc(N2CCCCC2)c([N+](=O)[O-])c1. The lowest BCUT2D eigenvalue weighted by molar-refractivity contribution is -0.384. The fourth-order valence-corrected chi connectivity index (χ4v) is 4.63. The standard InChI is InChI=1S/C25H21BrN4O4/c26-19-7-3-2-6-18(19)25-28-20-15-17(9-11-23(20)34-25)27-24(31)16-8-10-21(22(14-16)30(32)33)29-12-4-1-5-13-29/h2-3,6-11,14-15H,1,4-5,12-13H2,(H,27,31). The lowest BCUT2D eigenvalue weighted by Gasteiger charge is -2.28. The zero-order valence-corrected chi connectivity index (χ0v) is 19.7. The van der Waals surface area contributed by atoms with Gasteiger partial charge in [-0.1, -0.05) is 12.1 Å². The molecule has 4 aromatic rings. The summed E-state index contributed by atoms with van der Waals surface area (Å²) in [6, 6.07) is 17.4. The molecule has 34 heavy (non-hydrogen) atoms. The number of anilines is 2. The number of hydrogen-bond acceptors (Lipinski definition) is 6. The molecule has 8 nitrogen and oxygen atoms in total. The van der Waals surface area contributed by atoms with Crippen LogP contribution in [-0.2, 0) is 0 Å². The van der Waals surface area contributed by atoms with Crippen LogP contribution in [0.3, 0.4) is 0 Å². The highest BCUT2D eigenvalue weighted by atomic mass is 79.9. The van der Waals surface area contributed by atoms with E-state index < -0.39 is 10.8 Å². The number of nitrogens with one attached hydrogen (secondary N) is 1. The van der Waals surface area contributed by atoms with E-state index >= 15 is 0 Å². The average molecular weight is 521 g/mol. The van der Waals surface area contributed by atoms with Gasteiger partial charge in [-0.3, -0.25) is 14.9 Å². The molecular formula is C25H21BrN4O4. The van der Waals surface area contributed by atoms with Crippen molar-refractivity contribution in [1.82, 2.24) is 4.98 Å². The van der Waals surface area contributed by atoms with Crippen LogP contribution < -0.4 is 10.2 Å². The molecule has 1 aliphatic heterocycles. The number of fused-ring (bicyclic) bond motifs is 1. The van der Waals surface area contributed by atoms with E-state index in [1.54, 1.807) is 30.3 Å². The van der Waals surface area contributed by atoms with Gasteiger partial charge in [-0.2, -0.15) is 0 Å². The van der Waals surface area contributed by atoms with Gasteiger partial charge in [0.1, 0.15) is 11.2 Å². The van der Waals surface area contributed by atoms with Crippen LogP contribution in [0, 0.1) is 10.1 Å². The molecule has 1 aliphatic rings. The summed E-state index contributed by atoms with van der Waals surface area (Å²) in [5.41, 5.74) is 3.25. The molecule has 9 heteroatoms. The molecule has 0 saturated carbocycles. The van der Waals surface area contributed by atoms with Crippen molar-refractivity contribution in [3.63, 3.8) is 0 Å². The smallest absolute Gasteiger partial charge is 0.293 e. The Morgan fingerprint density at radius 1 is 1.06 bits per heavy atom. The molecular weight excluding hydrogens is 500 g/mol. The van der Waals surface area contributed by atoms with Crippen molar-refractivity contribution in [2.45, 2.75) is 19.3 Å². The quantitative estimate of drug-likeness (QED) is 0.241. The molecule has 5 rings (SSSR count). The highest BCUT2D eigenvalue weighted by molar-refractivity contribution is 9.10. The van der Waals surface area contributed by atoms with Crippen molar-refractivity contribution >= 4 is 50.0 Å². The largest absolute Gasteiger partial charge is 0.436 e. The van der Waals surface area contributed by atoms with Crippen LogP contribution in [0.15, 0.2) is 69.6 Å². The van der Waals surface area contributed by atoms with Crippen molar-refractivity contribution in [2.24, 2.45) is 0 Å². The number of carbonyl (C=O) groups is 1. The maximum absolute atomic E-state index is 12.9. The number of oxazole rings is 1. The summed E-state index contributed by atoms with van der Waals surface area (Å²) >= 11 is 3.50. The summed E-state index contributed by atoms with van der Waals surface area (Å²) in [5, 5.41) is 14.5. The number of halogens is 1. The lowest BCUT2D eigenvalue weighted by Crippen LogP contribution is -2.30. The number of nitro benzene ring substituents is 1. The third-order valence-electron chi connectivity index (χ3n) is 5.88. The monoisotopic (exact) mass is 520 g/mol. The van der Waals surface area contributed by atoms with Crippen molar-refractivity contribution in [2.75, 3.05) is 23.3 Å². The van der Waals surface area contributed by atoms with E-state index in [0.717, 1.165) is 42.4 Å². The zero-order valence-electron chi connectivity index (χ0n) is 18.2. The minimum atomic E-state index is -0.429. The molecule has 0 unspecified atom stereocenters. The third kappa shape index (κ3) is 4.38. The van der Waals surface area contributed by atoms with Gasteiger partial charge in [-0.25, -0.2) is 4.98 Å². The van der Waals surface area contributed by atoms with E-state index in [-0.39, 0.29) is 11.3 Å². The third-order valence-corrected chi connectivity index (χ3v) is 6.57. The first-order valence-corrected chi connectivity index (χ1v) is 11.8. The first-order chi connectivity index (χ1) is 16.5. The van der Waals surface area contributed by atoms with Gasteiger partial charge < -0.3 is 14.6 Å². The first kappa shape index (κ1) is 22.1. The maximum Gasteiger partial charge on any atom is 0.293 e. The van der Waals surface area contributed by atoms with Gasteiger partial charge >= 0.3 is 0 Å². The Kier molecular flexibility index (Phi) is 6.02. The summed E-state index contributed by atoms with van der Waals surface area (Å²) in [4.78, 5) is 30.7. The van der Waals surface area contributed by atoms with E-state index in [4.69, 9.17) is 4.42 Å². The number of piperidine rings is 1. The van der Waals surface area contributed by atoms with Crippen LogP contribution in [-0.4, -0.2) is 28.9 Å². The fourth-order valence-electron chi connectivity index (χ4n) is 4.17. The topological polar surface area (TPSA) is 102 Å². The van der Waals surface area contributed by atoms with E-state index in [1.165, 1.54) is 6.07 Å². The number of hydrogen-bond donors (Lipinski definition) is 1.